The molecule has 4 heterocycles. The monoisotopic (exact) mass is 587 g/mol. The number of carbonyl (C=O) groups is 1. The van der Waals surface area contributed by atoms with Crippen molar-refractivity contribution in [2.24, 2.45) is 52.3 Å². The van der Waals surface area contributed by atoms with Crippen LogP contribution >= 0.6 is 0 Å². The maximum absolute atomic E-state index is 10.7. The van der Waals surface area contributed by atoms with Crippen LogP contribution < -0.4 is 45.5 Å². The van der Waals surface area contributed by atoms with Crippen LogP contribution in [0.15, 0.2) is 4.99 Å². The Kier molecular flexibility index (Phi) is 18.8. The van der Waals surface area contributed by atoms with Gasteiger partial charge in [0.25, 0.3) is 0 Å². The van der Waals surface area contributed by atoms with Gasteiger partial charge in [-0.2, -0.15) is 5.26 Å². The Morgan fingerprint density at radius 2 is 1.31 bits per heavy atom. The second-order valence-electron chi connectivity index (χ2n) is 12.9. The number of rotatable bonds is 1. The Hall–Kier alpha value is -0.935. The van der Waals surface area contributed by atoms with Crippen LogP contribution in [0.5, 0.6) is 0 Å². The van der Waals surface area contributed by atoms with Gasteiger partial charge in [0.1, 0.15) is 6.04 Å². The van der Waals surface area contributed by atoms with E-state index in [4.69, 9.17) is 22.2 Å². The molecule has 3 saturated heterocycles. The second kappa shape index (κ2) is 20.2. The van der Waals surface area contributed by atoms with Gasteiger partial charge in [0, 0.05) is 21.2 Å². The number of fused-ring (bicyclic) bond motifs is 4. The first-order valence-corrected chi connectivity index (χ1v) is 15.7. The summed E-state index contributed by atoms with van der Waals surface area (Å²) >= 11 is 0. The number of nitrogens with one attached hydrogen (secondary N) is 3. The average Bonchev–Trinajstić information content (AvgIpc) is 3.76. The number of hydrogen-bond acceptors (Lipinski definition) is 7. The molecule has 0 aromatic carbocycles. The van der Waals surface area contributed by atoms with Gasteiger partial charge in [-0.3, -0.25) is 9.79 Å². The Labute approximate surface area is 279 Å². The summed E-state index contributed by atoms with van der Waals surface area (Å²) in [4.78, 5) is 14.9. The van der Waals surface area contributed by atoms with Crippen LogP contribution in [0.25, 0.3) is 0 Å². The standard InChI is InChI=1S/C8H12N2.C8H13NO2.C7H13N.C7H11N.CN.CH4.B.Na/c9-4-8-7-3-1-2-6(7)5-10-8;10-8(11)7-6-3-1-2-5(6)4-9-7;2*1-2-6-4-8-5-7(6)3-1;1-2;;;/h6-8,10H,1-3,5H2;5-7,9H,1-4H2,(H,10,11);6-8H,1-5H2;4,6-7H,1-3,5H2;;1H4;;/q;;;;-1;;;+1/t6-,7-,8+;5-,6-,7-;2*6-,7+;;;;/m00.1..../s1. The third-order valence-corrected chi connectivity index (χ3v) is 10.9. The van der Waals surface area contributed by atoms with E-state index in [2.05, 4.69) is 33.2 Å². The summed E-state index contributed by atoms with van der Waals surface area (Å²) in [5.41, 5.74) is 0. The molecule has 0 aromatic heterocycles. The first-order valence-electron chi connectivity index (χ1n) is 15.7. The number of carboxylic acid groups (broad SMARTS) is 1. The Morgan fingerprint density at radius 3 is 1.93 bits per heavy atom. The molecule has 4 saturated carbocycles. The maximum atomic E-state index is 10.7. The summed E-state index contributed by atoms with van der Waals surface area (Å²) in [5.74, 6) is 5.88. The van der Waals surface area contributed by atoms with Crippen molar-refractivity contribution in [1.29, 1.82) is 10.5 Å². The predicted molar refractivity (Wildman–Crippen MR) is 164 cm³/mol. The van der Waals surface area contributed by atoms with Crippen LogP contribution in [0.1, 0.15) is 84.5 Å². The molecule has 0 spiro atoms. The Bertz CT molecular complexity index is 865. The molecule has 4 aliphatic carbocycles. The zero-order valence-electron chi connectivity index (χ0n) is 25.1. The van der Waals surface area contributed by atoms with Gasteiger partial charge in [0.05, 0.1) is 12.1 Å². The summed E-state index contributed by atoms with van der Waals surface area (Å²) in [6, 6.07) is 2.25. The van der Waals surface area contributed by atoms with Gasteiger partial charge in [0.15, 0.2) is 0 Å². The number of aliphatic carboxylic acids is 1. The van der Waals surface area contributed by atoms with E-state index in [9.17, 15) is 4.79 Å². The van der Waals surface area contributed by atoms with Gasteiger partial charge in [-0.1, -0.05) is 33.1 Å². The number of aliphatic imine (C=N–C) groups is 1. The number of hydrogen-bond donors (Lipinski definition) is 4. The van der Waals surface area contributed by atoms with Crippen LogP contribution in [-0.2, 0) is 4.79 Å². The van der Waals surface area contributed by atoms with Crippen molar-refractivity contribution in [3.05, 3.63) is 6.57 Å². The minimum Gasteiger partial charge on any atom is -0.512 e. The quantitative estimate of drug-likeness (QED) is 0.268. The largest absolute Gasteiger partial charge is 1.00 e. The number of nitrogens with zero attached hydrogens (tertiary/aromatic N) is 3. The fourth-order valence-corrected chi connectivity index (χ4v) is 8.71. The number of carboxylic acids is 1. The summed E-state index contributed by atoms with van der Waals surface area (Å²) < 4.78 is 0. The average molecular weight is 588 g/mol. The summed E-state index contributed by atoms with van der Waals surface area (Å²) in [6.07, 6.45) is 18.5. The molecule has 0 aromatic rings. The molecule has 8 aliphatic rings. The van der Waals surface area contributed by atoms with Gasteiger partial charge in [-0.25, -0.2) is 0 Å². The van der Waals surface area contributed by atoms with Crippen LogP contribution in [0.3, 0.4) is 0 Å². The van der Waals surface area contributed by atoms with E-state index in [1.165, 1.54) is 83.7 Å². The molecule has 10 heteroatoms. The molecule has 0 bridgehead atoms. The molecule has 3 radical (unpaired) electrons. The fraction of sp³-hybridized carbons (Fsp3) is 0.875. The third kappa shape index (κ3) is 10.0. The van der Waals surface area contributed by atoms with E-state index in [-0.39, 0.29) is 57.5 Å². The van der Waals surface area contributed by atoms with Crippen molar-refractivity contribution in [2.75, 3.05) is 32.7 Å². The van der Waals surface area contributed by atoms with Crippen LogP contribution in [0.2, 0.25) is 0 Å². The van der Waals surface area contributed by atoms with E-state index >= 15 is 0 Å². The third-order valence-electron chi connectivity index (χ3n) is 10.9. The molecule has 227 valence electrons. The smallest absolute Gasteiger partial charge is 0.512 e. The van der Waals surface area contributed by atoms with E-state index in [1.54, 1.807) is 0 Å². The summed E-state index contributed by atoms with van der Waals surface area (Å²) in [5, 5.41) is 33.5. The molecule has 8 rings (SSSR count). The Balaban J connectivity index is 0.000000270. The van der Waals surface area contributed by atoms with Crippen LogP contribution in [-0.4, -0.2) is 70.5 Å². The first kappa shape index (κ1) is 39.1. The molecule has 4 N–H and O–H groups in total. The second-order valence-corrected chi connectivity index (χ2v) is 12.9. The van der Waals surface area contributed by atoms with E-state index in [0.717, 1.165) is 55.6 Å². The minimum atomic E-state index is -0.667. The molecule has 42 heavy (non-hydrogen) atoms. The van der Waals surface area contributed by atoms with Gasteiger partial charge in [-0.05, 0) is 125 Å². The topological polar surface area (TPSA) is 133 Å². The Morgan fingerprint density at radius 1 is 0.786 bits per heavy atom. The summed E-state index contributed by atoms with van der Waals surface area (Å²) in [7, 11) is 0. The molecule has 0 unspecified atom stereocenters. The van der Waals surface area contributed by atoms with Gasteiger partial charge >= 0.3 is 35.5 Å². The van der Waals surface area contributed by atoms with Crippen molar-refractivity contribution < 1.29 is 39.5 Å². The zero-order chi connectivity index (χ0) is 27.6. The van der Waals surface area contributed by atoms with E-state index in [0.29, 0.717) is 17.8 Å². The van der Waals surface area contributed by atoms with Crippen molar-refractivity contribution in [1.82, 2.24) is 16.0 Å². The van der Waals surface area contributed by atoms with Crippen molar-refractivity contribution in [3.63, 3.8) is 0 Å². The van der Waals surface area contributed by atoms with Gasteiger partial charge in [-0.15, -0.1) is 0 Å². The van der Waals surface area contributed by atoms with Crippen LogP contribution in [0.4, 0.5) is 0 Å². The predicted octanol–water partition coefficient (Wildman–Crippen LogP) is 1.21. The SMILES string of the molecule is C.C1=NC[C@@H]2CCC[C@H]12.C1C[C@@H]2CNC[C@@H]2C1.N#C[C@H]1NC[C@@H]2CCC[C@@H]21.O=C(O)[C@H]1NC[C@@H]2CCC[C@@H]21.[B].[C-]#N.[Na+]. The summed E-state index contributed by atoms with van der Waals surface area (Å²) in [6.45, 7) is 10.5. The molecule has 8 nitrogen and oxygen atoms in total. The van der Waals surface area contributed by atoms with Crippen molar-refractivity contribution >= 4 is 20.6 Å². The zero-order valence-corrected chi connectivity index (χ0v) is 27.1. The molecule has 10 atom stereocenters. The maximum Gasteiger partial charge on any atom is 1.00 e. The van der Waals surface area contributed by atoms with Crippen LogP contribution in [0, 0.1) is 70.5 Å². The molecular formula is C32H53BN6NaO2. The minimum absolute atomic E-state index is 0. The fourth-order valence-electron chi connectivity index (χ4n) is 8.71. The molecule has 7 fully saturated rings. The first-order chi connectivity index (χ1) is 19.1. The molecular weight excluding hydrogens is 534 g/mol. The van der Waals surface area contributed by atoms with Crippen molar-refractivity contribution in [3.8, 4) is 6.07 Å². The molecule has 4 aliphatic heterocycles. The van der Waals surface area contributed by atoms with Crippen molar-refractivity contribution in [2.45, 2.75) is 96.6 Å². The van der Waals surface area contributed by atoms with Gasteiger partial charge < -0.3 is 32.9 Å². The normalized spacial score (nSPS) is 38.6. The van der Waals surface area contributed by atoms with E-state index < -0.39 is 5.97 Å². The number of nitriles is 1. The van der Waals surface area contributed by atoms with Gasteiger partial charge in [0.2, 0.25) is 0 Å². The van der Waals surface area contributed by atoms with E-state index in [1.807, 2.05) is 0 Å². The molecule has 0 amide bonds.